The number of imidazole rings is 1. The van der Waals surface area contributed by atoms with Crippen molar-refractivity contribution in [1.29, 1.82) is 5.41 Å². The van der Waals surface area contributed by atoms with Gasteiger partial charge in [-0.1, -0.05) is 12.8 Å². The van der Waals surface area contributed by atoms with Gasteiger partial charge in [0.1, 0.15) is 18.0 Å². The van der Waals surface area contributed by atoms with Crippen LogP contribution in [0.3, 0.4) is 0 Å². The molecular formula is C18H23F2N7S. The summed E-state index contributed by atoms with van der Waals surface area (Å²) in [4.78, 5) is 18.1. The maximum absolute atomic E-state index is 12.4. The van der Waals surface area contributed by atoms with Gasteiger partial charge in [0.05, 0.1) is 23.3 Å². The molecule has 1 saturated heterocycles. The lowest BCUT2D eigenvalue weighted by atomic mass is 9.98. The molecule has 0 bridgehead atoms. The Balaban J connectivity index is 1.72. The van der Waals surface area contributed by atoms with Crippen LogP contribution in [0.4, 0.5) is 14.6 Å². The Morgan fingerprint density at radius 1 is 1.46 bits per heavy atom. The molecule has 3 rings (SSSR count). The number of allylic oxidation sites excluding steroid dienone is 1. The summed E-state index contributed by atoms with van der Waals surface area (Å²) < 4.78 is 26.7. The molecule has 0 spiro atoms. The van der Waals surface area contributed by atoms with E-state index in [9.17, 15) is 8.78 Å². The van der Waals surface area contributed by atoms with Crippen LogP contribution in [-0.4, -0.2) is 63.1 Å². The molecule has 2 aromatic heterocycles. The number of hydrogen-bond donors (Lipinski definition) is 3. The Bertz CT molecular complexity index is 837. The number of hydrogen-bond acceptors (Lipinski definition) is 7. The number of alkyl halides is 2. The number of aromatic amines is 1. The summed E-state index contributed by atoms with van der Waals surface area (Å²) in [6.07, 6.45) is 4.96. The number of aromatic nitrogens is 4. The number of H-pyrrole nitrogens is 1. The highest BCUT2D eigenvalue weighted by atomic mass is 32.1. The lowest BCUT2D eigenvalue weighted by Gasteiger charge is -2.34. The first-order valence-corrected chi connectivity index (χ1v) is 9.39. The number of nitrogens with one attached hydrogen (secondary N) is 2. The van der Waals surface area contributed by atoms with Crippen molar-refractivity contribution in [3.8, 4) is 11.4 Å². The van der Waals surface area contributed by atoms with E-state index in [0.29, 0.717) is 23.1 Å². The summed E-state index contributed by atoms with van der Waals surface area (Å²) in [5, 5.41) is 7.15. The largest absolute Gasteiger partial charge is 0.356 e. The van der Waals surface area contributed by atoms with E-state index in [4.69, 9.17) is 5.41 Å². The first-order chi connectivity index (χ1) is 13.4. The topological polar surface area (TPSA) is 84.8 Å². The van der Waals surface area contributed by atoms with Crippen molar-refractivity contribution in [2.75, 3.05) is 31.6 Å². The monoisotopic (exact) mass is 407 g/mol. The molecule has 1 fully saturated rings. The minimum Gasteiger partial charge on any atom is -0.356 e. The highest BCUT2D eigenvalue weighted by Crippen LogP contribution is 2.25. The number of nitrogens with zero attached hydrogens (tertiary/aromatic N) is 5. The first kappa shape index (κ1) is 20.4. The fourth-order valence-electron chi connectivity index (χ4n) is 3.26. The van der Waals surface area contributed by atoms with Crippen LogP contribution in [-0.2, 0) is 0 Å². The van der Waals surface area contributed by atoms with Gasteiger partial charge < -0.3 is 9.88 Å². The smallest absolute Gasteiger partial charge is 0.279 e. The molecule has 2 N–H and O–H groups in total. The zero-order valence-corrected chi connectivity index (χ0v) is 16.4. The summed E-state index contributed by atoms with van der Waals surface area (Å²) in [6, 6.07) is 1.90. The van der Waals surface area contributed by atoms with Crippen LogP contribution >= 0.6 is 12.8 Å². The van der Waals surface area contributed by atoms with Crippen molar-refractivity contribution in [2.45, 2.75) is 19.3 Å². The molecule has 0 aromatic carbocycles. The van der Waals surface area contributed by atoms with Crippen LogP contribution in [0, 0.1) is 11.3 Å². The van der Waals surface area contributed by atoms with Gasteiger partial charge in [0.15, 0.2) is 0 Å². The van der Waals surface area contributed by atoms with Crippen molar-refractivity contribution >= 4 is 30.4 Å². The van der Waals surface area contributed by atoms with Gasteiger partial charge in [-0.15, -0.1) is 0 Å². The summed E-state index contributed by atoms with van der Waals surface area (Å²) in [6.45, 7) is 2.77. The lowest BCUT2D eigenvalue weighted by Crippen LogP contribution is -2.39. The quantitative estimate of drug-likeness (QED) is 0.485. The third-order valence-electron chi connectivity index (χ3n) is 4.55. The van der Waals surface area contributed by atoms with E-state index in [1.807, 2.05) is 17.4 Å². The van der Waals surface area contributed by atoms with Crippen molar-refractivity contribution in [3.63, 3.8) is 0 Å². The number of thiol groups is 1. The van der Waals surface area contributed by atoms with Crippen LogP contribution in [0.2, 0.25) is 0 Å². The Morgan fingerprint density at radius 2 is 2.29 bits per heavy atom. The molecule has 28 heavy (non-hydrogen) atoms. The lowest BCUT2D eigenvalue weighted by molar-refractivity contribution is 0.226. The molecule has 7 nitrogen and oxygen atoms in total. The fraction of sp³-hybridized carbons (Fsp3) is 0.444. The highest BCUT2D eigenvalue weighted by molar-refractivity contribution is 7.77. The van der Waals surface area contributed by atoms with Gasteiger partial charge in [-0.05, 0) is 38.0 Å². The highest BCUT2D eigenvalue weighted by Gasteiger charge is 2.22. The van der Waals surface area contributed by atoms with E-state index in [1.165, 1.54) is 18.8 Å². The van der Waals surface area contributed by atoms with Gasteiger partial charge in [0, 0.05) is 25.7 Å². The van der Waals surface area contributed by atoms with Crippen LogP contribution in [0.1, 0.15) is 18.7 Å². The first-order valence-electron chi connectivity index (χ1n) is 8.99. The van der Waals surface area contributed by atoms with Gasteiger partial charge in [-0.2, -0.15) is 0 Å². The van der Waals surface area contributed by atoms with Crippen LogP contribution in [0.5, 0.6) is 0 Å². The fourth-order valence-corrected chi connectivity index (χ4v) is 3.49. The van der Waals surface area contributed by atoms with E-state index < -0.39 is 12.1 Å². The summed E-state index contributed by atoms with van der Waals surface area (Å²) in [7, 11) is 1.96. The second-order valence-corrected chi connectivity index (χ2v) is 7.51. The Hall–Kier alpha value is -2.33. The number of halogens is 2. The molecule has 1 unspecified atom stereocenters. The molecule has 0 aliphatic carbocycles. The third-order valence-corrected chi connectivity index (χ3v) is 4.71. The van der Waals surface area contributed by atoms with Crippen molar-refractivity contribution < 1.29 is 8.78 Å². The van der Waals surface area contributed by atoms with Gasteiger partial charge in [0.2, 0.25) is 0 Å². The Morgan fingerprint density at radius 3 is 3.04 bits per heavy atom. The van der Waals surface area contributed by atoms with E-state index in [2.05, 4.69) is 37.7 Å². The molecule has 1 aliphatic heterocycles. The normalized spacial score (nSPS) is 17.8. The van der Waals surface area contributed by atoms with Gasteiger partial charge in [0.25, 0.3) is 6.43 Å². The van der Waals surface area contributed by atoms with Crippen LogP contribution in [0.15, 0.2) is 24.7 Å². The van der Waals surface area contributed by atoms with Crippen molar-refractivity contribution in [1.82, 2.24) is 24.2 Å². The Kier molecular flexibility index (Phi) is 6.74. The average molecular weight is 407 g/mol. The summed E-state index contributed by atoms with van der Waals surface area (Å²) >= 11 is 4.35. The zero-order chi connectivity index (χ0) is 20.1. The third kappa shape index (κ3) is 5.35. The van der Waals surface area contributed by atoms with Gasteiger partial charge >= 0.3 is 0 Å². The van der Waals surface area contributed by atoms with Crippen molar-refractivity contribution in [3.05, 3.63) is 30.5 Å². The number of rotatable bonds is 7. The van der Waals surface area contributed by atoms with E-state index in [1.54, 1.807) is 6.20 Å². The van der Waals surface area contributed by atoms with Gasteiger partial charge in [-0.25, -0.2) is 23.7 Å². The SMILES string of the molecule is CN(S)CC1CCCN(c2cc(-c3cnc(/C=C\C(=N)C(F)F)[nH]3)ncn2)C1. The molecule has 0 amide bonds. The predicted octanol–water partition coefficient (Wildman–Crippen LogP) is 3.16. The van der Waals surface area contributed by atoms with Gasteiger partial charge in [-0.3, -0.25) is 9.71 Å². The van der Waals surface area contributed by atoms with Crippen LogP contribution < -0.4 is 4.90 Å². The number of piperidine rings is 1. The molecular weight excluding hydrogens is 384 g/mol. The summed E-state index contributed by atoms with van der Waals surface area (Å²) in [5.41, 5.74) is 0.582. The zero-order valence-electron chi connectivity index (χ0n) is 15.5. The van der Waals surface area contributed by atoms with E-state index in [-0.39, 0.29) is 0 Å². The number of anilines is 1. The molecule has 2 aromatic rings. The molecule has 10 heteroatoms. The van der Waals surface area contributed by atoms with E-state index in [0.717, 1.165) is 37.9 Å². The Labute approximate surface area is 168 Å². The molecule has 0 radical (unpaired) electrons. The van der Waals surface area contributed by atoms with E-state index >= 15 is 0 Å². The molecule has 0 saturated carbocycles. The maximum Gasteiger partial charge on any atom is 0.279 e. The molecule has 1 atom stereocenters. The second-order valence-electron chi connectivity index (χ2n) is 6.83. The molecule has 150 valence electrons. The predicted molar refractivity (Wildman–Crippen MR) is 109 cm³/mol. The van der Waals surface area contributed by atoms with Crippen molar-refractivity contribution in [2.24, 2.45) is 5.92 Å². The molecule has 3 heterocycles. The second kappa shape index (κ2) is 9.24. The standard InChI is InChI=1S/C18H23F2N7S/c1-26(28)9-12-3-2-6-27(10-12)17-7-14(23-11-24-17)15-8-22-16(25-15)5-4-13(21)18(19)20/h4-5,7-8,11-12,18,21,28H,2-3,6,9-10H2,1H3,(H,22,25)/b5-4-,21-13?. The minimum absolute atomic E-state index is 0.385. The minimum atomic E-state index is -2.80. The molecule has 1 aliphatic rings. The summed E-state index contributed by atoms with van der Waals surface area (Å²) in [5.74, 6) is 1.77. The maximum atomic E-state index is 12.4. The van der Waals surface area contributed by atoms with Crippen LogP contribution in [0.25, 0.3) is 17.5 Å². The average Bonchev–Trinajstić information content (AvgIpc) is 3.15.